The summed E-state index contributed by atoms with van der Waals surface area (Å²) in [6, 6.07) is 0.409. The minimum absolute atomic E-state index is 0.0111. The number of quaternary nitrogens is 1. The van der Waals surface area contributed by atoms with Crippen molar-refractivity contribution in [2.24, 2.45) is 5.84 Å². The standard InChI is InChI=1S/C12H30N5/c1-10-9-15(11(2,3)4)17(13,14-8)16(10)12(5,6)7/h10,14H,9,13H2,1-8H3/q+1/t10?,17-/m1/s1. The van der Waals surface area contributed by atoms with Crippen molar-refractivity contribution in [2.45, 2.75) is 65.6 Å². The predicted octanol–water partition coefficient (Wildman–Crippen LogP) is 1.24. The maximum absolute atomic E-state index is 6.59. The van der Waals surface area contributed by atoms with Crippen molar-refractivity contribution < 1.29 is 4.92 Å². The molecule has 0 aromatic carbocycles. The minimum atomic E-state index is 0.0111. The van der Waals surface area contributed by atoms with Crippen LogP contribution >= 0.6 is 0 Å². The zero-order valence-electron chi connectivity index (χ0n) is 12.7. The largest absolute Gasteiger partial charge is 0.120 e. The molecule has 5 heteroatoms. The first-order valence-electron chi connectivity index (χ1n) is 6.39. The zero-order chi connectivity index (χ0) is 13.6. The van der Waals surface area contributed by atoms with E-state index in [0.29, 0.717) is 6.04 Å². The van der Waals surface area contributed by atoms with Gasteiger partial charge in [0.05, 0.1) is 23.7 Å². The third kappa shape index (κ3) is 2.48. The summed E-state index contributed by atoms with van der Waals surface area (Å²) in [5.41, 5.74) is 3.28. The van der Waals surface area contributed by atoms with Gasteiger partial charge in [-0.25, -0.2) is 0 Å². The van der Waals surface area contributed by atoms with Crippen LogP contribution in [-0.2, 0) is 0 Å². The monoisotopic (exact) mass is 244 g/mol. The van der Waals surface area contributed by atoms with Gasteiger partial charge in [-0.1, -0.05) is 10.0 Å². The molecule has 1 saturated heterocycles. The Kier molecular flexibility index (Phi) is 3.65. The number of nitrogens with zero attached hydrogens (tertiary/aromatic N) is 3. The van der Waals surface area contributed by atoms with Gasteiger partial charge in [0.1, 0.15) is 0 Å². The number of hydrogen-bond donors (Lipinski definition) is 2. The van der Waals surface area contributed by atoms with Gasteiger partial charge in [-0.05, 0) is 53.4 Å². The lowest BCUT2D eigenvalue weighted by atomic mass is 10.1. The fourth-order valence-electron chi connectivity index (χ4n) is 2.95. The van der Waals surface area contributed by atoms with E-state index in [0.717, 1.165) is 6.54 Å². The van der Waals surface area contributed by atoms with Crippen molar-refractivity contribution in [1.29, 1.82) is 0 Å². The molecule has 0 amide bonds. The summed E-state index contributed by atoms with van der Waals surface area (Å²) in [4.78, 5) is 0.175. The molecule has 0 aromatic heterocycles. The fourth-order valence-corrected chi connectivity index (χ4v) is 2.95. The Balaban J connectivity index is 3.18. The second-order valence-corrected chi connectivity index (χ2v) is 6.99. The zero-order valence-corrected chi connectivity index (χ0v) is 12.7. The van der Waals surface area contributed by atoms with E-state index in [1.54, 1.807) is 0 Å². The van der Waals surface area contributed by atoms with Crippen molar-refractivity contribution in [1.82, 2.24) is 15.4 Å². The molecule has 1 aliphatic heterocycles. The summed E-state index contributed by atoms with van der Waals surface area (Å²) in [6.07, 6.45) is 0. The second kappa shape index (κ2) is 4.17. The lowest BCUT2D eigenvalue weighted by molar-refractivity contribution is -1.16. The minimum Gasteiger partial charge on any atom is -0.120 e. The molecule has 102 valence electrons. The number of nitrogens with one attached hydrogen (secondary N) is 1. The van der Waals surface area contributed by atoms with E-state index >= 15 is 0 Å². The third-order valence-corrected chi connectivity index (χ3v) is 3.34. The average molecular weight is 244 g/mol. The van der Waals surface area contributed by atoms with Crippen LogP contribution in [0.15, 0.2) is 0 Å². The van der Waals surface area contributed by atoms with Crippen LogP contribution in [0.25, 0.3) is 0 Å². The molecular weight excluding hydrogens is 214 g/mol. The average Bonchev–Trinajstić information content (AvgIpc) is 2.37. The van der Waals surface area contributed by atoms with Crippen molar-refractivity contribution in [3.05, 3.63) is 0 Å². The molecule has 1 heterocycles. The van der Waals surface area contributed by atoms with Crippen LogP contribution < -0.4 is 11.3 Å². The predicted molar refractivity (Wildman–Crippen MR) is 71.0 cm³/mol. The Morgan fingerprint density at radius 1 is 1.12 bits per heavy atom. The highest BCUT2D eigenvalue weighted by atomic mass is 16.2. The molecule has 0 saturated carbocycles. The third-order valence-electron chi connectivity index (χ3n) is 3.34. The molecule has 17 heavy (non-hydrogen) atoms. The van der Waals surface area contributed by atoms with Crippen LogP contribution in [0.3, 0.4) is 0 Å². The Bertz CT molecular complexity index is 278. The summed E-state index contributed by atoms with van der Waals surface area (Å²) in [5.74, 6) is 6.59. The molecule has 3 N–H and O–H groups in total. The van der Waals surface area contributed by atoms with E-state index in [-0.39, 0.29) is 16.0 Å². The molecule has 0 aliphatic carbocycles. The normalized spacial score (nSPS) is 33.4. The summed E-state index contributed by atoms with van der Waals surface area (Å²) in [7, 11) is 1.91. The van der Waals surface area contributed by atoms with Gasteiger partial charge >= 0.3 is 0 Å². The molecule has 0 aromatic rings. The maximum atomic E-state index is 6.59. The van der Waals surface area contributed by atoms with Gasteiger partial charge in [0.15, 0.2) is 0 Å². The molecule has 5 nitrogen and oxygen atoms in total. The van der Waals surface area contributed by atoms with Gasteiger partial charge in [0, 0.05) is 7.05 Å². The summed E-state index contributed by atoms with van der Waals surface area (Å²) in [6.45, 7) is 16.4. The second-order valence-electron chi connectivity index (χ2n) is 6.99. The highest BCUT2D eigenvalue weighted by Gasteiger charge is 2.57. The molecule has 2 atom stereocenters. The van der Waals surface area contributed by atoms with Crippen molar-refractivity contribution in [3.63, 3.8) is 0 Å². The van der Waals surface area contributed by atoms with Crippen LogP contribution in [0.4, 0.5) is 0 Å². The van der Waals surface area contributed by atoms with Crippen LogP contribution in [0.1, 0.15) is 48.5 Å². The quantitative estimate of drug-likeness (QED) is 0.538. The lowest BCUT2D eigenvalue weighted by Gasteiger charge is -2.47. The topological polar surface area (TPSA) is 44.5 Å². The molecule has 0 bridgehead atoms. The van der Waals surface area contributed by atoms with Gasteiger partial charge < -0.3 is 0 Å². The van der Waals surface area contributed by atoms with Crippen molar-refractivity contribution in [2.75, 3.05) is 13.6 Å². The number of nitrogens with two attached hydrogens (primary N) is 1. The first-order chi connectivity index (χ1) is 7.44. The fraction of sp³-hybridized carbons (Fsp3) is 1.00. The highest BCUT2D eigenvalue weighted by Crippen LogP contribution is 2.34. The molecule has 1 unspecified atom stereocenters. The lowest BCUT2D eigenvalue weighted by Crippen LogP contribution is -2.79. The summed E-state index contributed by atoms with van der Waals surface area (Å²) >= 11 is 0. The Labute approximate surface area is 106 Å². The Hall–Kier alpha value is -0.200. The van der Waals surface area contributed by atoms with E-state index in [4.69, 9.17) is 5.84 Å². The van der Waals surface area contributed by atoms with Crippen LogP contribution in [0.2, 0.25) is 0 Å². The van der Waals surface area contributed by atoms with Crippen LogP contribution in [-0.4, -0.2) is 45.6 Å². The van der Waals surface area contributed by atoms with E-state index in [2.05, 4.69) is 63.9 Å². The van der Waals surface area contributed by atoms with Crippen LogP contribution in [0, 0.1) is 0 Å². The summed E-state index contributed by atoms with van der Waals surface area (Å²) < 4.78 is 0. The molecule has 1 fully saturated rings. The van der Waals surface area contributed by atoms with E-state index < -0.39 is 0 Å². The van der Waals surface area contributed by atoms with Crippen LogP contribution in [0.5, 0.6) is 0 Å². The molecular formula is C12H30N5+. The number of hydrogen-bond acceptors (Lipinski definition) is 4. The van der Waals surface area contributed by atoms with Gasteiger partial charge in [-0.15, -0.1) is 11.3 Å². The molecule has 1 aliphatic rings. The SMILES string of the molecule is CN[N@+]1(N)N(C(C)(C)C)CC(C)N1C(C)(C)C. The molecule has 0 spiro atoms. The van der Waals surface area contributed by atoms with Gasteiger partial charge in [-0.3, -0.25) is 0 Å². The Morgan fingerprint density at radius 2 is 1.59 bits per heavy atom. The molecule has 1 rings (SSSR count). The van der Waals surface area contributed by atoms with E-state index in [1.807, 2.05) is 7.05 Å². The van der Waals surface area contributed by atoms with Gasteiger partial charge in [0.25, 0.3) is 0 Å². The molecule has 0 radical (unpaired) electrons. The van der Waals surface area contributed by atoms with Gasteiger partial charge in [-0.2, -0.15) is 0 Å². The first kappa shape index (κ1) is 14.9. The number of rotatable bonds is 1. The first-order valence-corrected chi connectivity index (χ1v) is 6.39. The van der Waals surface area contributed by atoms with Crippen molar-refractivity contribution in [3.8, 4) is 0 Å². The van der Waals surface area contributed by atoms with Crippen molar-refractivity contribution >= 4 is 0 Å². The summed E-state index contributed by atoms with van der Waals surface area (Å²) in [5, 5.41) is 4.58. The van der Waals surface area contributed by atoms with Gasteiger partial charge in [0.2, 0.25) is 0 Å². The van der Waals surface area contributed by atoms with E-state index in [1.165, 1.54) is 0 Å². The smallest absolute Gasteiger partial charge is 0.0808 e. The Morgan fingerprint density at radius 3 is 1.88 bits per heavy atom. The van der Waals surface area contributed by atoms with E-state index in [9.17, 15) is 0 Å². The maximum Gasteiger partial charge on any atom is 0.0808 e. The highest BCUT2D eigenvalue weighted by molar-refractivity contribution is 4.83.